The molecule has 2 unspecified atom stereocenters. The van der Waals surface area contributed by atoms with Gasteiger partial charge in [0.2, 0.25) is 0 Å². The lowest BCUT2D eigenvalue weighted by atomic mass is 9.99. The van der Waals surface area contributed by atoms with Gasteiger partial charge in [-0.3, -0.25) is 9.69 Å². The lowest BCUT2D eigenvalue weighted by Crippen LogP contribution is -2.48. The fraction of sp³-hybridized carbons (Fsp3) is 0.929. The number of methoxy groups -OCH3 is 3. The number of ether oxygens (including phenoxy) is 3. The van der Waals surface area contributed by atoms with Crippen molar-refractivity contribution in [3.63, 3.8) is 0 Å². The van der Waals surface area contributed by atoms with E-state index in [-0.39, 0.29) is 5.97 Å². The molecule has 0 aromatic carbocycles. The number of rotatable bonds is 9. The molecule has 1 fully saturated rings. The summed E-state index contributed by atoms with van der Waals surface area (Å²) in [5, 5.41) is 0. The van der Waals surface area contributed by atoms with E-state index in [1.807, 2.05) is 0 Å². The Morgan fingerprint density at radius 2 is 1.95 bits per heavy atom. The van der Waals surface area contributed by atoms with E-state index in [0.29, 0.717) is 25.5 Å². The zero-order valence-electron chi connectivity index (χ0n) is 12.9. The van der Waals surface area contributed by atoms with Gasteiger partial charge in [0.05, 0.1) is 13.7 Å². The van der Waals surface area contributed by atoms with E-state index in [1.54, 1.807) is 14.2 Å². The Morgan fingerprint density at radius 1 is 1.25 bits per heavy atom. The smallest absolute Gasteiger partial charge is 0.325 e. The molecule has 0 aromatic rings. The molecule has 1 aliphatic carbocycles. The zero-order chi connectivity index (χ0) is 15.0. The van der Waals surface area contributed by atoms with Crippen molar-refractivity contribution < 1.29 is 19.0 Å². The number of esters is 1. The van der Waals surface area contributed by atoms with Crippen molar-refractivity contribution in [2.45, 2.75) is 37.3 Å². The van der Waals surface area contributed by atoms with Crippen LogP contribution in [0, 0.1) is 0 Å². The van der Waals surface area contributed by atoms with Gasteiger partial charge in [-0.05, 0) is 25.7 Å². The summed E-state index contributed by atoms with van der Waals surface area (Å²) < 4.78 is 15.1. The summed E-state index contributed by atoms with van der Waals surface area (Å²) in [6.45, 7) is 3.20. The molecular formula is C14H28N2O4. The molecule has 0 saturated heterocycles. The average Bonchev–Trinajstić information content (AvgIpc) is 2.85. The molecule has 0 spiro atoms. The molecule has 0 bridgehead atoms. The molecular weight excluding hydrogens is 260 g/mol. The van der Waals surface area contributed by atoms with E-state index in [4.69, 9.17) is 19.9 Å². The van der Waals surface area contributed by atoms with Crippen molar-refractivity contribution in [3.05, 3.63) is 0 Å². The van der Waals surface area contributed by atoms with Gasteiger partial charge in [-0.2, -0.15) is 0 Å². The predicted octanol–water partition coefficient (Wildman–Crippen LogP) is 0.394. The van der Waals surface area contributed by atoms with Gasteiger partial charge >= 0.3 is 5.97 Å². The Morgan fingerprint density at radius 3 is 2.55 bits per heavy atom. The molecule has 0 aromatic heterocycles. The molecule has 6 nitrogen and oxygen atoms in total. The number of carbonyl (C=O) groups excluding carboxylic acids is 1. The molecule has 0 radical (unpaired) electrons. The Balaban J connectivity index is 2.56. The number of hydrogen-bond acceptors (Lipinski definition) is 6. The summed E-state index contributed by atoms with van der Waals surface area (Å²) in [6, 6.07) is 0.311. The Labute approximate surface area is 121 Å². The maximum Gasteiger partial charge on any atom is 0.325 e. The van der Waals surface area contributed by atoms with Crippen molar-refractivity contribution in [2.75, 3.05) is 47.6 Å². The van der Waals surface area contributed by atoms with E-state index >= 15 is 0 Å². The zero-order valence-corrected chi connectivity index (χ0v) is 12.9. The van der Waals surface area contributed by atoms with Crippen molar-refractivity contribution in [1.29, 1.82) is 0 Å². The van der Waals surface area contributed by atoms with Crippen molar-refractivity contribution in [1.82, 2.24) is 4.90 Å². The first-order valence-electron chi connectivity index (χ1n) is 7.16. The van der Waals surface area contributed by atoms with Crippen LogP contribution >= 0.6 is 0 Å². The third-order valence-electron chi connectivity index (χ3n) is 4.01. The SMILES string of the molecule is COCCCN(CCOC)C1CCC(N)(C(=O)OC)C1. The van der Waals surface area contributed by atoms with Gasteiger partial charge in [0.25, 0.3) is 0 Å². The maximum absolute atomic E-state index is 11.8. The van der Waals surface area contributed by atoms with Crippen molar-refractivity contribution >= 4 is 5.97 Å². The molecule has 2 atom stereocenters. The second-order valence-corrected chi connectivity index (χ2v) is 5.42. The number of hydrogen-bond donors (Lipinski definition) is 1. The minimum Gasteiger partial charge on any atom is -0.468 e. The highest BCUT2D eigenvalue weighted by atomic mass is 16.5. The normalized spacial score (nSPS) is 26.1. The van der Waals surface area contributed by atoms with Crippen LogP contribution < -0.4 is 5.73 Å². The van der Waals surface area contributed by atoms with E-state index in [1.165, 1.54) is 7.11 Å². The first kappa shape index (κ1) is 17.4. The number of carbonyl (C=O) groups is 1. The van der Waals surface area contributed by atoms with E-state index in [0.717, 1.165) is 32.5 Å². The fourth-order valence-corrected chi connectivity index (χ4v) is 2.85. The van der Waals surface area contributed by atoms with Gasteiger partial charge in [0.1, 0.15) is 5.54 Å². The van der Waals surface area contributed by atoms with Gasteiger partial charge in [0.15, 0.2) is 0 Å². The minimum atomic E-state index is -0.827. The summed E-state index contributed by atoms with van der Waals surface area (Å²) in [5.74, 6) is -0.302. The lowest BCUT2D eigenvalue weighted by molar-refractivity contribution is -0.147. The molecule has 0 aliphatic heterocycles. The van der Waals surface area contributed by atoms with Gasteiger partial charge < -0.3 is 19.9 Å². The topological polar surface area (TPSA) is 74.0 Å². The van der Waals surface area contributed by atoms with Crippen LogP contribution in [0.3, 0.4) is 0 Å². The summed E-state index contributed by atoms with van der Waals surface area (Å²) in [5.41, 5.74) is 5.34. The standard InChI is InChI=1S/C14H28N2O4/c1-18-9-4-7-16(8-10-19-2)12-5-6-14(15,11-12)13(17)20-3/h12H,4-11,15H2,1-3H3. The molecule has 1 rings (SSSR count). The molecule has 118 valence electrons. The van der Waals surface area contributed by atoms with Crippen LogP contribution in [0.4, 0.5) is 0 Å². The molecule has 20 heavy (non-hydrogen) atoms. The van der Waals surface area contributed by atoms with Crippen LogP contribution in [0.2, 0.25) is 0 Å². The summed E-state index contributed by atoms with van der Waals surface area (Å²) in [4.78, 5) is 14.1. The molecule has 0 amide bonds. The fourth-order valence-electron chi connectivity index (χ4n) is 2.85. The second kappa shape index (κ2) is 8.56. The monoisotopic (exact) mass is 288 g/mol. The van der Waals surface area contributed by atoms with Crippen molar-refractivity contribution in [3.8, 4) is 0 Å². The molecule has 1 aliphatic rings. The van der Waals surface area contributed by atoms with E-state index < -0.39 is 5.54 Å². The first-order valence-corrected chi connectivity index (χ1v) is 7.16. The van der Waals surface area contributed by atoms with Crippen LogP contribution in [0.25, 0.3) is 0 Å². The number of nitrogens with two attached hydrogens (primary N) is 1. The van der Waals surface area contributed by atoms with Crippen molar-refractivity contribution in [2.24, 2.45) is 5.73 Å². The molecule has 6 heteroatoms. The third kappa shape index (κ3) is 4.70. The van der Waals surface area contributed by atoms with E-state index in [9.17, 15) is 4.79 Å². The minimum absolute atomic E-state index is 0.302. The third-order valence-corrected chi connectivity index (χ3v) is 4.01. The van der Waals surface area contributed by atoms with Gasteiger partial charge in [-0.1, -0.05) is 0 Å². The van der Waals surface area contributed by atoms with E-state index in [2.05, 4.69) is 4.90 Å². The maximum atomic E-state index is 11.8. The van der Waals surface area contributed by atoms with Gasteiger partial charge in [-0.25, -0.2) is 0 Å². The summed E-state index contributed by atoms with van der Waals surface area (Å²) in [6.07, 6.45) is 3.21. The largest absolute Gasteiger partial charge is 0.468 e. The van der Waals surface area contributed by atoms with Gasteiger partial charge in [0, 0.05) is 40.0 Å². The highest BCUT2D eigenvalue weighted by Crippen LogP contribution is 2.32. The van der Waals surface area contributed by atoms with Crippen LogP contribution in [-0.4, -0.2) is 70.1 Å². The van der Waals surface area contributed by atoms with Gasteiger partial charge in [-0.15, -0.1) is 0 Å². The second-order valence-electron chi connectivity index (χ2n) is 5.42. The van der Waals surface area contributed by atoms with Crippen LogP contribution in [0.15, 0.2) is 0 Å². The van der Waals surface area contributed by atoms with Crippen LogP contribution in [0.1, 0.15) is 25.7 Å². The highest BCUT2D eigenvalue weighted by molar-refractivity contribution is 5.81. The Hall–Kier alpha value is -0.690. The Bertz CT molecular complexity index is 301. The first-order chi connectivity index (χ1) is 9.57. The van der Waals surface area contributed by atoms with Crippen LogP contribution in [-0.2, 0) is 19.0 Å². The predicted molar refractivity (Wildman–Crippen MR) is 76.5 cm³/mol. The summed E-state index contributed by atoms with van der Waals surface area (Å²) >= 11 is 0. The van der Waals surface area contributed by atoms with Crippen LogP contribution in [0.5, 0.6) is 0 Å². The Kier molecular flexibility index (Phi) is 7.43. The lowest BCUT2D eigenvalue weighted by Gasteiger charge is -2.30. The summed E-state index contributed by atoms with van der Waals surface area (Å²) in [7, 11) is 4.80. The molecule has 2 N–H and O–H groups in total. The molecule has 0 heterocycles. The average molecular weight is 288 g/mol. The molecule has 1 saturated carbocycles. The number of nitrogens with zero attached hydrogens (tertiary/aromatic N) is 1. The quantitative estimate of drug-likeness (QED) is 0.489. The highest BCUT2D eigenvalue weighted by Gasteiger charge is 2.44.